The van der Waals surface area contributed by atoms with Crippen molar-refractivity contribution in [3.8, 4) is 0 Å². The SMILES string of the molecule is CCCCCCC[CH2][Sn]1([CH2]CCCCCCC)[O][N+](=O)[O]1.O=[N+]([O-])[O-]. The first-order valence-electron chi connectivity index (χ1n) is 9.63. The van der Waals surface area contributed by atoms with E-state index in [0.29, 0.717) is 5.09 Å². The van der Waals surface area contributed by atoms with E-state index in [0.717, 1.165) is 8.87 Å². The summed E-state index contributed by atoms with van der Waals surface area (Å²) in [4.78, 5) is 19.2. The molecule has 0 aromatic rings. The smallest absolute Gasteiger partial charge is 0.0689 e. The minimum absolute atomic E-state index is 0.365. The van der Waals surface area contributed by atoms with Gasteiger partial charge in [0.15, 0.2) is 0 Å². The molecule has 0 spiro atoms. The van der Waals surface area contributed by atoms with Crippen molar-refractivity contribution in [3.63, 3.8) is 0 Å². The average Bonchev–Trinajstić information content (AvgIpc) is 2.52. The Morgan fingerprint density at radius 1 is 0.760 bits per heavy atom. The molecule has 25 heavy (non-hydrogen) atoms. The largest absolute Gasteiger partial charge is 0.356 e. The van der Waals surface area contributed by atoms with Gasteiger partial charge in [0.05, 0.1) is 5.09 Å². The normalized spacial score (nSPS) is 14.6. The van der Waals surface area contributed by atoms with Crippen LogP contribution in [0.2, 0.25) is 8.87 Å². The van der Waals surface area contributed by atoms with Crippen molar-refractivity contribution < 1.29 is 16.5 Å². The van der Waals surface area contributed by atoms with E-state index >= 15 is 0 Å². The summed E-state index contributed by atoms with van der Waals surface area (Å²) in [6, 6.07) is 0. The predicted molar refractivity (Wildman–Crippen MR) is 98.3 cm³/mol. The number of unbranched alkanes of at least 4 members (excludes halogenated alkanes) is 10. The number of rotatable bonds is 14. The fourth-order valence-corrected chi connectivity index (χ4v) is 10.8. The molecule has 0 aliphatic carbocycles. The molecule has 0 atom stereocenters. The summed E-state index contributed by atoms with van der Waals surface area (Å²) >= 11 is -2.91. The summed E-state index contributed by atoms with van der Waals surface area (Å²) in [5, 5.41) is 15.1. The molecular formula is C16H34N2O6Sn. The van der Waals surface area contributed by atoms with Gasteiger partial charge in [0.25, 0.3) is 0 Å². The van der Waals surface area contributed by atoms with E-state index in [1.807, 2.05) is 0 Å². The first-order valence-corrected chi connectivity index (χ1v) is 16.0. The molecule has 1 aliphatic rings. The minimum atomic E-state index is -2.91. The van der Waals surface area contributed by atoms with E-state index in [-0.39, 0.29) is 0 Å². The van der Waals surface area contributed by atoms with Crippen molar-refractivity contribution in [3.05, 3.63) is 20.2 Å². The van der Waals surface area contributed by atoms with E-state index in [9.17, 15) is 4.91 Å². The van der Waals surface area contributed by atoms with Gasteiger partial charge < -0.3 is 15.3 Å². The molecule has 1 saturated heterocycles. The molecule has 0 aromatic heterocycles. The Kier molecular flexibility index (Phi) is 15.0. The van der Waals surface area contributed by atoms with Crippen LogP contribution in [0.15, 0.2) is 0 Å². The third-order valence-electron chi connectivity index (χ3n) is 4.30. The van der Waals surface area contributed by atoms with Crippen molar-refractivity contribution in [2.45, 2.75) is 99.8 Å². The van der Waals surface area contributed by atoms with Crippen LogP contribution >= 0.6 is 0 Å². The van der Waals surface area contributed by atoms with Crippen molar-refractivity contribution in [2.75, 3.05) is 0 Å². The molecule has 0 unspecified atom stereocenters. The van der Waals surface area contributed by atoms with E-state index in [4.69, 9.17) is 21.7 Å². The van der Waals surface area contributed by atoms with Crippen molar-refractivity contribution >= 4 is 19.2 Å². The zero-order valence-corrected chi connectivity index (χ0v) is 18.6. The summed E-state index contributed by atoms with van der Waals surface area (Å²) in [7, 11) is 0. The van der Waals surface area contributed by atoms with Gasteiger partial charge in [0.2, 0.25) is 0 Å². The molecule has 8 nitrogen and oxygen atoms in total. The van der Waals surface area contributed by atoms with E-state index in [1.165, 1.54) is 77.0 Å². The number of hydrogen-bond acceptors (Lipinski definition) is 6. The van der Waals surface area contributed by atoms with Crippen LogP contribution in [0.3, 0.4) is 0 Å². The van der Waals surface area contributed by atoms with Crippen molar-refractivity contribution in [1.29, 1.82) is 0 Å². The second-order valence-electron chi connectivity index (χ2n) is 6.58. The molecule has 1 aliphatic heterocycles. The average molecular weight is 469 g/mol. The Hall–Kier alpha value is -0.801. The zero-order valence-electron chi connectivity index (χ0n) is 15.7. The maximum atomic E-state index is 11.0. The van der Waals surface area contributed by atoms with Gasteiger partial charge in [-0.25, -0.2) is 0 Å². The Morgan fingerprint density at radius 3 is 1.40 bits per heavy atom. The molecule has 1 fully saturated rings. The van der Waals surface area contributed by atoms with Gasteiger partial charge in [-0.2, -0.15) is 0 Å². The molecule has 1 rings (SSSR count). The maximum Gasteiger partial charge on any atom is 0.0689 e. The summed E-state index contributed by atoms with van der Waals surface area (Å²) in [5.41, 5.74) is 0. The van der Waals surface area contributed by atoms with Gasteiger partial charge in [-0.1, -0.05) is 0 Å². The first kappa shape index (κ1) is 24.2. The fraction of sp³-hybridized carbons (Fsp3) is 1.00. The Morgan fingerprint density at radius 2 is 1.08 bits per heavy atom. The molecule has 0 bridgehead atoms. The molecule has 148 valence electrons. The van der Waals surface area contributed by atoms with Crippen LogP contribution in [0.5, 0.6) is 0 Å². The third-order valence-corrected chi connectivity index (χ3v) is 13.4. The molecule has 0 N–H and O–H groups in total. The third kappa shape index (κ3) is 14.1. The van der Waals surface area contributed by atoms with E-state index in [2.05, 4.69) is 13.8 Å². The van der Waals surface area contributed by atoms with Crippen molar-refractivity contribution in [2.24, 2.45) is 0 Å². The molecule has 1 heterocycles. The Labute approximate surface area is 155 Å². The van der Waals surface area contributed by atoms with Gasteiger partial charge in [-0.05, 0) is 0 Å². The molecule has 0 amide bonds. The second-order valence-corrected chi connectivity index (χ2v) is 15.7. The Balaban J connectivity index is 0.00000129. The standard InChI is InChI=1S/2C8H17.2NO3.Sn/c2*1-3-5-7-8-6-4-2;2*2-1(3)4;/h2*1,3-8H2,2H3;;;/q;;2*-1;+2. The van der Waals surface area contributed by atoms with Crippen LogP contribution in [-0.4, -0.2) is 29.4 Å². The monoisotopic (exact) mass is 470 g/mol. The minimum Gasteiger partial charge on any atom is -0.356 e. The maximum absolute atomic E-state index is 11.0. The topological polar surface area (TPSA) is 105 Å². The Bertz CT molecular complexity index is 341. The summed E-state index contributed by atoms with van der Waals surface area (Å²) < 4.78 is 13.0. The van der Waals surface area contributed by atoms with Crippen LogP contribution in [-0.2, 0) is 6.35 Å². The predicted octanol–water partition coefficient (Wildman–Crippen LogP) is 5.57. The number of hydrogen-bond donors (Lipinski definition) is 0. The molecule has 0 saturated carbocycles. The van der Waals surface area contributed by atoms with Crippen LogP contribution < -0.4 is 0 Å². The first-order chi connectivity index (χ1) is 12.0. The van der Waals surface area contributed by atoms with Crippen LogP contribution in [0.4, 0.5) is 0 Å². The summed E-state index contributed by atoms with van der Waals surface area (Å²) in [6.07, 6.45) is 15.5. The molecule has 0 aromatic carbocycles. The fourth-order valence-electron chi connectivity index (χ4n) is 2.94. The van der Waals surface area contributed by atoms with Gasteiger partial charge in [-0.3, -0.25) is 0 Å². The quantitative estimate of drug-likeness (QED) is 0.143. The van der Waals surface area contributed by atoms with E-state index < -0.39 is 24.3 Å². The summed E-state index contributed by atoms with van der Waals surface area (Å²) in [6.45, 7) is 4.48. The van der Waals surface area contributed by atoms with Crippen LogP contribution in [0.25, 0.3) is 0 Å². The molecule has 0 radical (unpaired) electrons. The molecule has 9 heteroatoms. The van der Waals surface area contributed by atoms with Crippen LogP contribution in [0, 0.1) is 20.2 Å². The van der Waals surface area contributed by atoms with Gasteiger partial charge in [0.1, 0.15) is 0 Å². The van der Waals surface area contributed by atoms with Gasteiger partial charge in [-0.15, -0.1) is 0 Å². The molecular weight excluding hydrogens is 435 g/mol. The van der Waals surface area contributed by atoms with Gasteiger partial charge in [0, 0.05) is 0 Å². The van der Waals surface area contributed by atoms with Crippen LogP contribution in [0.1, 0.15) is 90.9 Å². The second kappa shape index (κ2) is 15.5. The van der Waals surface area contributed by atoms with Gasteiger partial charge >= 0.3 is 135 Å². The summed E-state index contributed by atoms with van der Waals surface area (Å²) in [5.74, 6) is 0. The zero-order chi connectivity index (χ0) is 19.0. The van der Waals surface area contributed by atoms with Crippen molar-refractivity contribution in [1.82, 2.24) is 0 Å². The van der Waals surface area contributed by atoms with E-state index in [1.54, 1.807) is 0 Å². The number of nitrogens with zero attached hydrogens (tertiary/aromatic N) is 2.